The number of carbonyl (C=O) groups excluding carboxylic acids is 2. The van der Waals surface area contributed by atoms with Crippen LogP contribution in [0.25, 0.3) is 0 Å². The van der Waals surface area contributed by atoms with Gasteiger partial charge in [-0.15, -0.1) is 0 Å². The van der Waals surface area contributed by atoms with Crippen LogP contribution in [0.1, 0.15) is 33.3 Å². The largest absolute Gasteiger partial charge is 0.467 e. The number of hydrogen-bond acceptors (Lipinski definition) is 4. The lowest BCUT2D eigenvalue weighted by Gasteiger charge is -2.20. The molecule has 1 aromatic carbocycles. The van der Waals surface area contributed by atoms with Crippen LogP contribution in [0, 0.1) is 6.92 Å². The molecule has 0 spiro atoms. The summed E-state index contributed by atoms with van der Waals surface area (Å²) >= 11 is 0. The quantitative estimate of drug-likeness (QED) is 0.867. The molecule has 0 saturated heterocycles. The van der Waals surface area contributed by atoms with E-state index >= 15 is 0 Å². The number of ether oxygens (including phenoxy) is 1. The maximum atomic E-state index is 13.2. The molecular weight excluding hydrogens is 327 g/mol. The topological polar surface area (TPSA) is 68.5 Å². The van der Waals surface area contributed by atoms with E-state index in [1.807, 2.05) is 0 Å². The van der Waals surface area contributed by atoms with Gasteiger partial charge >= 0.3 is 12.1 Å². The van der Waals surface area contributed by atoms with E-state index in [9.17, 15) is 22.8 Å². The first-order valence-corrected chi connectivity index (χ1v) is 6.84. The highest BCUT2D eigenvalue weighted by molar-refractivity contribution is 5.96. The highest BCUT2D eigenvalue weighted by Crippen LogP contribution is 2.35. The number of nitrogens with one attached hydrogen (secondary N) is 1. The molecule has 2 aromatic rings. The van der Waals surface area contributed by atoms with Gasteiger partial charge in [0.05, 0.1) is 18.9 Å². The van der Waals surface area contributed by atoms with Gasteiger partial charge in [-0.2, -0.15) is 13.2 Å². The fourth-order valence-corrected chi connectivity index (χ4v) is 2.19. The Morgan fingerprint density at radius 3 is 2.42 bits per heavy atom. The SMILES string of the molecule is COC(=O)C(NC(=O)c1occc1C)c1ccccc1C(F)(F)F. The molecule has 1 amide bonds. The van der Waals surface area contributed by atoms with E-state index in [0.29, 0.717) is 5.56 Å². The number of hydrogen-bond donors (Lipinski definition) is 1. The maximum absolute atomic E-state index is 13.2. The average Bonchev–Trinajstić information content (AvgIpc) is 2.97. The summed E-state index contributed by atoms with van der Waals surface area (Å²) in [5.74, 6) is -1.93. The van der Waals surface area contributed by atoms with Crippen molar-refractivity contribution in [2.75, 3.05) is 7.11 Å². The van der Waals surface area contributed by atoms with Crippen LogP contribution in [-0.4, -0.2) is 19.0 Å². The van der Waals surface area contributed by atoms with Crippen LogP contribution in [0.5, 0.6) is 0 Å². The van der Waals surface area contributed by atoms with E-state index in [0.717, 1.165) is 19.2 Å². The third-order valence-electron chi connectivity index (χ3n) is 3.36. The third kappa shape index (κ3) is 3.58. The highest BCUT2D eigenvalue weighted by atomic mass is 19.4. The number of amides is 1. The molecule has 0 aliphatic carbocycles. The van der Waals surface area contributed by atoms with Crippen LogP contribution in [0.15, 0.2) is 41.0 Å². The number of methoxy groups -OCH3 is 1. The standard InChI is InChI=1S/C16H14F3NO4/c1-9-7-8-24-13(9)14(21)20-12(15(22)23-2)10-5-3-4-6-11(10)16(17,18)19/h3-8,12H,1-2H3,(H,20,21). The van der Waals surface area contributed by atoms with Crippen molar-refractivity contribution >= 4 is 11.9 Å². The molecule has 128 valence electrons. The Balaban J connectivity index is 2.43. The second-order valence-corrected chi connectivity index (χ2v) is 4.95. The normalized spacial score (nSPS) is 12.5. The summed E-state index contributed by atoms with van der Waals surface area (Å²) < 4.78 is 49.0. The fraction of sp³-hybridized carbons (Fsp3) is 0.250. The smallest absolute Gasteiger partial charge is 0.416 e. The second kappa shape index (κ2) is 6.77. The Hall–Kier alpha value is -2.77. The van der Waals surface area contributed by atoms with Crippen LogP contribution in [0.3, 0.4) is 0 Å². The van der Waals surface area contributed by atoms with Crippen LogP contribution in [-0.2, 0) is 15.7 Å². The van der Waals surface area contributed by atoms with Crippen LogP contribution in [0.2, 0.25) is 0 Å². The van der Waals surface area contributed by atoms with E-state index in [4.69, 9.17) is 4.42 Å². The van der Waals surface area contributed by atoms with E-state index < -0.39 is 35.2 Å². The zero-order valence-electron chi connectivity index (χ0n) is 12.8. The number of halogens is 3. The number of furan rings is 1. The van der Waals surface area contributed by atoms with Crippen LogP contribution in [0.4, 0.5) is 13.2 Å². The maximum Gasteiger partial charge on any atom is 0.416 e. The summed E-state index contributed by atoms with van der Waals surface area (Å²) in [5.41, 5.74) is -0.952. The van der Waals surface area contributed by atoms with Crippen molar-refractivity contribution in [1.29, 1.82) is 0 Å². The Labute approximate surface area is 135 Å². The molecule has 8 heteroatoms. The molecule has 1 unspecified atom stereocenters. The lowest BCUT2D eigenvalue weighted by Crippen LogP contribution is -2.36. The number of esters is 1. The number of alkyl halides is 3. The summed E-state index contributed by atoms with van der Waals surface area (Å²) in [7, 11) is 1.02. The van der Waals surface area contributed by atoms with Crippen molar-refractivity contribution < 1.29 is 31.9 Å². The Bertz CT molecular complexity index is 752. The summed E-state index contributed by atoms with van der Waals surface area (Å²) in [6.07, 6.45) is -3.42. The number of aryl methyl sites for hydroxylation is 1. The molecule has 1 N–H and O–H groups in total. The first kappa shape index (κ1) is 17.6. The lowest BCUT2D eigenvalue weighted by molar-refractivity contribution is -0.144. The van der Waals surface area contributed by atoms with Gasteiger partial charge in [0.1, 0.15) is 0 Å². The molecule has 1 aromatic heterocycles. The molecule has 1 atom stereocenters. The molecule has 24 heavy (non-hydrogen) atoms. The van der Waals surface area contributed by atoms with Crippen molar-refractivity contribution in [2.24, 2.45) is 0 Å². The number of benzene rings is 1. The van der Waals surface area contributed by atoms with Gasteiger partial charge in [0.15, 0.2) is 11.8 Å². The zero-order valence-corrected chi connectivity index (χ0v) is 12.8. The van der Waals surface area contributed by atoms with Gasteiger partial charge in [0.2, 0.25) is 0 Å². The van der Waals surface area contributed by atoms with Crippen LogP contribution >= 0.6 is 0 Å². The van der Waals surface area contributed by atoms with Crippen molar-refractivity contribution in [3.63, 3.8) is 0 Å². The van der Waals surface area contributed by atoms with Crippen molar-refractivity contribution in [1.82, 2.24) is 5.32 Å². The Morgan fingerprint density at radius 2 is 1.88 bits per heavy atom. The number of rotatable bonds is 4. The first-order chi connectivity index (χ1) is 11.3. The molecular formula is C16H14F3NO4. The summed E-state index contributed by atoms with van der Waals surface area (Å²) in [5, 5.41) is 2.23. The molecule has 2 rings (SSSR count). The predicted octanol–water partition coefficient (Wildman–Crippen LogP) is 3.25. The molecule has 0 radical (unpaired) electrons. The number of carbonyl (C=O) groups is 2. The van der Waals surface area contributed by atoms with Gasteiger partial charge in [-0.25, -0.2) is 4.79 Å². The highest BCUT2D eigenvalue weighted by Gasteiger charge is 2.38. The molecule has 0 aliphatic rings. The van der Waals surface area contributed by atoms with Gasteiger partial charge < -0.3 is 14.5 Å². The molecule has 0 saturated carbocycles. The van der Waals surface area contributed by atoms with Crippen LogP contribution < -0.4 is 5.32 Å². The average molecular weight is 341 g/mol. The summed E-state index contributed by atoms with van der Waals surface area (Å²) in [6, 6.07) is 4.37. The minimum atomic E-state index is -4.69. The van der Waals surface area contributed by atoms with E-state index in [1.54, 1.807) is 6.92 Å². The lowest BCUT2D eigenvalue weighted by atomic mass is 9.99. The Morgan fingerprint density at radius 1 is 1.21 bits per heavy atom. The minimum absolute atomic E-state index is 0.0895. The Kier molecular flexibility index (Phi) is 4.96. The van der Waals surface area contributed by atoms with Crippen molar-refractivity contribution in [3.8, 4) is 0 Å². The van der Waals surface area contributed by atoms with Gasteiger partial charge in [-0.3, -0.25) is 4.79 Å². The van der Waals surface area contributed by atoms with Gasteiger partial charge in [0, 0.05) is 5.56 Å². The predicted molar refractivity (Wildman–Crippen MR) is 77.1 cm³/mol. The monoisotopic (exact) mass is 341 g/mol. The van der Waals surface area contributed by atoms with Gasteiger partial charge in [-0.05, 0) is 24.6 Å². The summed E-state index contributed by atoms with van der Waals surface area (Å²) in [6.45, 7) is 1.59. The minimum Gasteiger partial charge on any atom is -0.467 e. The molecule has 1 heterocycles. The fourth-order valence-electron chi connectivity index (χ4n) is 2.19. The van der Waals surface area contributed by atoms with E-state index in [1.165, 1.54) is 24.5 Å². The molecule has 0 fully saturated rings. The van der Waals surface area contributed by atoms with E-state index in [2.05, 4.69) is 10.1 Å². The zero-order chi connectivity index (χ0) is 17.9. The summed E-state index contributed by atoms with van der Waals surface area (Å²) in [4.78, 5) is 24.1. The van der Waals surface area contributed by atoms with Gasteiger partial charge in [0.25, 0.3) is 5.91 Å². The third-order valence-corrected chi connectivity index (χ3v) is 3.36. The molecule has 5 nitrogen and oxygen atoms in total. The first-order valence-electron chi connectivity index (χ1n) is 6.84. The van der Waals surface area contributed by atoms with Crippen molar-refractivity contribution in [3.05, 3.63) is 59.0 Å². The second-order valence-electron chi connectivity index (χ2n) is 4.95. The van der Waals surface area contributed by atoms with Crippen molar-refractivity contribution in [2.45, 2.75) is 19.1 Å². The molecule has 0 bridgehead atoms. The molecule has 0 aliphatic heterocycles. The van der Waals surface area contributed by atoms with Gasteiger partial charge in [-0.1, -0.05) is 18.2 Å². The van der Waals surface area contributed by atoms with E-state index in [-0.39, 0.29) is 5.76 Å².